The van der Waals surface area contributed by atoms with Crippen molar-refractivity contribution in [2.75, 3.05) is 31.5 Å². The van der Waals surface area contributed by atoms with Crippen molar-refractivity contribution in [3.8, 4) is 5.75 Å². The van der Waals surface area contributed by atoms with Gasteiger partial charge in [0.15, 0.2) is 5.96 Å². The van der Waals surface area contributed by atoms with E-state index >= 15 is 0 Å². The van der Waals surface area contributed by atoms with Crippen molar-refractivity contribution >= 4 is 41.5 Å². The van der Waals surface area contributed by atoms with Gasteiger partial charge in [-0.1, -0.05) is 18.2 Å². The van der Waals surface area contributed by atoms with Crippen LogP contribution in [0.5, 0.6) is 5.75 Å². The molecule has 0 radical (unpaired) electrons. The molecule has 0 bridgehead atoms. The van der Waals surface area contributed by atoms with Crippen molar-refractivity contribution in [3.05, 3.63) is 54.9 Å². The van der Waals surface area contributed by atoms with Crippen molar-refractivity contribution in [3.63, 3.8) is 0 Å². The maximum absolute atomic E-state index is 12.1. The smallest absolute Gasteiger partial charge is 0.246 e. The van der Waals surface area contributed by atoms with Crippen LogP contribution < -0.4 is 15.4 Å². The summed E-state index contributed by atoms with van der Waals surface area (Å²) in [6, 6.07) is 13.5. The molecule has 3 rings (SSSR count). The number of hydrogen-bond donors (Lipinski definition) is 2. The van der Waals surface area contributed by atoms with Crippen molar-refractivity contribution in [2.24, 2.45) is 4.99 Å². The molecule has 0 atom stereocenters. The number of nitrogens with one attached hydrogen (secondary N) is 2. The average Bonchev–Trinajstić information content (AvgIpc) is 2.73. The van der Waals surface area contributed by atoms with Gasteiger partial charge in [0.2, 0.25) is 5.91 Å². The average molecular weight is 509 g/mol. The van der Waals surface area contributed by atoms with E-state index in [1.54, 1.807) is 24.5 Å². The molecule has 0 unspecified atom stereocenters. The van der Waals surface area contributed by atoms with Crippen LogP contribution in [0, 0.1) is 0 Å². The SMILES string of the molecule is CCNC(=NCC(=O)Nc1cccnc1)N1CCC(Oc2ccccc2)CC1.I. The summed E-state index contributed by atoms with van der Waals surface area (Å²) < 4.78 is 6.05. The van der Waals surface area contributed by atoms with Crippen molar-refractivity contribution in [1.82, 2.24) is 15.2 Å². The molecule has 1 aliphatic heterocycles. The largest absolute Gasteiger partial charge is 0.490 e. The minimum absolute atomic E-state index is 0. The first-order chi connectivity index (χ1) is 13.7. The Morgan fingerprint density at radius 3 is 2.62 bits per heavy atom. The van der Waals surface area contributed by atoms with Crippen LogP contribution in [0.25, 0.3) is 0 Å². The molecule has 0 aliphatic carbocycles. The zero-order valence-corrected chi connectivity index (χ0v) is 18.9. The predicted octanol–water partition coefficient (Wildman–Crippen LogP) is 3.15. The van der Waals surface area contributed by atoms with Crippen molar-refractivity contribution in [2.45, 2.75) is 25.9 Å². The number of ether oxygens (including phenoxy) is 1. The van der Waals surface area contributed by atoms with E-state index in [9.17, 15) is 4.79 Å². The van der Waals surface area contributed by atoms with E-state index < -0.39 is 0 Å². The third kappa shape index (κ3) is 7.52. The van der Waals surface area contributed by atoms with Crippen molar-refractivity contribution < 1.29 is 9.53 Å². The molecule has 0 saturated carbocycles. The summed E-state index contributed by atoms with van der Waals surface area (Å²) in [5.74, 6) is 1.52. The van der Waals surface area contributed by atoms with Crippen LogP contribution >= 0.6 is 24.0 Å². The van der Waals surface area contributed by atoms with Gasteiger partial charge in [0.1, 0.15) is 18.4 Å². The van der Waals surface area contributed by atoms with E-state index in [2.05, 4.69) is 25.5 Å². The molecule has 7 nitrogen and oxygen atoms in total. The van der Waals surface area contributed by atoms with Gasteiger partial charge in [0.05, 0.1) is 11.9 Å². The second kappa shape index (κ2) is 12.3. The molecule has 8 heteroatoms. The number of nitrogens with zero attached hydrogens (tertiary/aromatic N) is 3. The Labute approximate surface area is 189 Å². The normalized spacial score (nSPS) is 14.7. The predicted molar refractivity (Wildman–Crippen MR) is 126 cm³/mol. The van der Waals surface area contributed by atoms with E-state index in [1.165, 1.54) is 0 Å². The number of piperidine rings is 1. The van der Waals surface area contributed by atoms with Crippen LogP contribution in [0.2, 0.25) is 0 Å². The number of aromatic nitrogens is 1. The number of likely N-dealkylation sites (tertiary alicyclic amines) is 1. The Hall–Kier alpha value is -2.36. The van der Waals surface area contributed by atoms with Gasteiger partial charge in [-0.15, -0.1) is 24.0 Å². The number of anilines is 1. The van der Waals surface area contributed by atoms with Gasteiger partial charge < -0.3 is 20.3 Å². The third-order valence-electron chi connectivity index (χ3n) is 4.44. The Balaban J connectivity index is 0.00000300. The number of aliphatic imine (C=N–C) groups is 1. The zero-order chi connectivity index (χ0) is 19.6. The molecule has 0 spiro atoms. The summed E-state index contributed by atoms with van der Waals surface area (Å²) in [5, 5.41) is 6.08. The number of pyridine rings is 1. The van der Waals surface area contributed by atoms with Gasteiger partial charge in [-0.3, -0.25) is 9.78 Å². The zero-order valence-electron chi connectivity index (χ0n) is 16.6. The summed E-state index contributed by atoms with van der Waals surface area (Å²) in [4.78, 5) is 22.8. The number of benzene rings is 1. The van der Waals surface area contributed by atoms with E-state index in [-0.39, 0.29) is 42.5 Å². The first kappa shape index (κ1) is 22.9. The summed E-state index contributed by atoms with van der Waals surface area (Å²) in [5.41, 5.74) is 0.673. The summed E-state index contributed by atoms with van der Waals surface area (Å²) >= 11 is 0. The number of amides is 1. The number of carbonyl (C=O) groups excluding carboxylic acids is 1. The molecular weight excluding hydrogens is 481 g/mol. The molecule has 2 heterocycles. The summed E-state index contributed by atoms with van der Waals surface area (Å²) in [6.07, 6.45) is 5.32. The lowest BCUT2D eigenvalue weighted by Crippen LogP contribution is -2.47. The van der Waals surface area contributed by atoms with E-state index in [0.717, 1.165) is 44.2 Å². The van der Waals surface area contributed by atoms with Gasteiger partial charge in [0.25, 0.3) is 0 Å². The Bertz CT molecular complexity index is 765. The fraction of sp³-hybridized carbons (Fsp3) is 0.381. The molecule has 1 aromatic carbocycles. The van der Waals surface area contributed by atoms with Crippen LogP contribution in [0.3, 0.4) is 0 Å². The molecule has 2 N–H and O–H groups in total. The lowest BCUT2D eigenvalue weighted by atomic mass is 10.1. The second-order valence-corrected chi connectivity index (χ2v) is 6.58. The molecule has 1 aliphatic rings. The molecule has 1 fully saturated rings. The molecular formula is C21H28IN5O2. The highest BCUT2D eigenvalue weighted by atomic mass is 127. The third-order valence-corrected chi connectivity index (χ3v) is 4.44. The molecule has 1 saturated heterocycles. The lowest BCUT2D eigenvalue weighted by molar-refractivity contribution is -0.114. The Kier molecular flexibility index (Phi) is 9.69. The van der Waals surface area contributed by atoms with Gasteiger partial charge in [-0.25, -0.2) is 4.99 Å². The van der Waals surface area contributed by atoms with Crippen LogP contribution in [-0.4, -0.2) is 54.0 Å². The van der Waals surface area contributed by atoms with Gasteiger partial charge >= 0.3 is 0 Å². The number of carbonyl (C=O) groups is 1. The highest BCUT2D eigenvalue weighted by molar-refractivity contribution is 14.0. The fourth-order valence-corrected chi connectivity index (χ4v) is 3.09. The molecule has 1 amide bonds. The van der Waals surface area contributed by atoms with E-state index in [1.807, 2.05) is 37.3 Å². The molecule has 29 heavy (non-hydrogen) atoms. The van der Waals surface area contributed by atoms with Crippen LogP contribution in [0.1, 0.15) is 19.8 Å². The monoisotopic (exact) mass is 509 g/mol. The highest BCUT2D eigenvalue weighted by Crippen LogP contribution is 2.18. The molecule has 156 valence electrons. The lowest BCUT2D eigenvalue weighted by Gasteiger charge is -2.34. The van der Waals surface area contributed by atoms with Gasteiger partial charge in [-0.2, -0.15) is 0 Å². The number of halogens is 1. The van der Waals surface area contributed by atoms with Crippen LogP contribution in [0.15, 0.2) is 59.9 Å². The number of hydrogen-bond acceptors (Lipinski definition) is 4. The number of para-hydroxylation sites is 1. The minimum Gasteiger partial charge on any atom is -0.490 e. The topological polar surface area (TPSA) is 78.8 Å². The van der Waals surface area contributed by atoms with Gasteiger partial charge in [-0.05, 0) is 31.2 Å². The first-order valence-electron chi connectivity index (χ1n) is 9.69. The standard InChI is InChI=1S/C21H27N5O2.HI/c1-2-23-21(24-16-20(27)25-17-7-6-12-22-15-17)26-13-10-19(11-14-26)28-18-8-4-3-5-9-18;/h3-9,12,15,19H,2,10-11,13-14,16H2,1H3,(H,23,24)(H,25,27);1H. The summed E-state index contributed by atoms with van der Waals surface area (Å²) in [7, 11) is 0. The van der Waals surface area contributed by atoms with Gasteiger partial charge in [0, 0.05) is 38.7 Å². The maximum atomic E-state index is 12.1. The second-order valence-electron chi connectivity index (χ2n) is 6.58. The molecule has 1 aromatic heterocycles. The van der Waals surface area contributed by atoms with Crippen molar-refractivity contribution in [1.29, 1.82) is 0 Å². The quantitative estimate of drug-likeness (QED) is 0.356. The summed E-state index contributed by atoms with van der Waals surface area (Å²) in [6.45, 7) is 4.53. The number of rotatable bonds is 6. The maximum Gasteiger partial charge on any atom is 0.246 e. The van der Waals surface area contributed by atoms with E-state index in [4.69, 9.17) is 4.74 Å². The van der Waals surface area contributed by atoms with Crippen LogP contribution in [-0.2, 0) is 4.79 Å². The first-order valence-corrected chi connectivity index (χ1v) is 9.69. The number of guanidine groups is 1. The Morgan fingerprint density at radius 1 is 1.21 bits per heavy atom. The highest BCUT2D eigenvalue weighted by Gasteiger charge is 2.22. The Morgan fingerprint density at radius 2 is 1.97 bits per heavy atom. The van der Waals surface area contributed by atoms with Crippen LogP contribution in [0.4, 0.5) is 5.69 Å². The van der Waals surface area contributed by atoms with E-state index in [0.29, 0.717) is 5.69 Å². The molecule has 2 aromatic rings. The fourth-order valence-electron chi connectivity index (χ4n) is 3.09. The minimum atomic E-state index is -0.161.